The molecule has 1 heterocycles. The molecule has 11 heteroatoms. The first kappa shape index (κ1) is 20.7. The zero-order chi connectivity index (χ0) is 21.9. The second-order valence-corrected chi connectivity index (χ2v) is 5.94. The molecule has 8 nitrogen and oxygen atoms in total. The number of carbonyl (C=O) groups excluding carboxylic acids is 1. The molecule has 0 atom stereocenters. The Labute approximate surface area is 167 Å². The van der Waals surface area contributed by atoms with Gasteiger partial charge in [0.1, 0.15) is 0 Å². The molecule has 0 spiro atoms. The Bertz CT molecular complexity index is 1100. The van der Waals surface area contributed by atoms with Gasteiger partial charge in [-0.2, -0.15) is 13.2 Å². The van der Waals surface area contributed by atoms with E-state index in [0.717, 1.165) is 18.2 Å². The summed E-state index contributed by atoms with van der Waals surface area (Å²) in [6.07, 6.45) is -3.12. The van der Waals surface area contributed by atoms with E-state index in [1.54, 1.807) is 0 Å². The van der Waals surface area contributed by atoms with Crippen molar-refractivity contribution in [3.8, 4) is 11.3 Å². The molecule has 0 bridgehead atoms. The summed E-state index contributed by atoms with van der Waals surface area (Å²) in [5, 5.41) is 13.9. The predicted octanol–water partition coefficient (Wildman–Crippen LogP) is 4.60. The van der Waals surface area contributed by atoms with Crippen LogP contribution in [0.3, 0.4) is 0 Å². The number of non-ortho nitro benzene ring substituents is 1. The molecular weight excluding hydrogens is 405 g/mol. The number of nitro benzene ring substituents is 1. The van der Waals surface area contributed by atoms with Crippen LogP contribution in [0.2, 0.25) is 0 Å². The maximum atomic E-state index is 12.7. The van der Waals surface area contributed by atoms with Gasteiger partial charge in [0, 0.05) is 29.6 Å². The molecule has 3 rings (SSSR count). The van der Waals surface area contributed by atoms with Crippen LogP contribution in [0.15, 0.2) is 54.7 Å². The Balaban J connectivity index is 1.96. The number of nitrogens with zero attached hydrogens (tertiary/aromatic N) is 3. The first-order chi connectivity index (χ1) is 14.2. The number of anilines is 2. The number of nitro groups is 1. The number of methoxy groups -OCH3 is 1. The maximum Gasteiger partial charge on any atom is 0.416 e. The number of halogens is 3. The predicted molar refractivity (Wildman–Crippen MR) is 100 cm³/mol. The van der Waals surface area contributed by atoms with Crippen LogP contribution in [-0.4, -0.2) is 28.0 Å². The summed E-state index contributed by atoms with van der Waals surface area (Å²) < 4.78 is 42.7. The highest BCUT2D eigenvalue weighted by atomic mass is 19.4. The molecule has 0 aliphatic carbocycles. The number of carbonyl (C=O) groups is 1. The highest BCUT2D eigenvalue weighted by molar-refractivity contribution is 5.97. The van der Waals surface area contributed by atoms with E-state index >= 15 is 0 Å². The minimum Gasteiger partial charge on any atom is -0.465 e. The normalized spacial score (nSPS) is 11.1. The van der Waals surface area contributed by atoms with Gasteiger partial charge in [-0.05, 0) is 36.4 Å². The minimum absolute atomic E-state index is 0.0228. The molecule has 3 aromatic rings. The molecule has 0 unspecified atom stereocenters. The summed E-state index contributed by atoms with van der Waals surface area (Å²) in [6.45, 7) is 0. The van der Waals surface area contributed by atoms with Gasteiger partial charge in [-0.15, -0.1) is 0 Å². The largest absolute Gasteiger partial charge is 0.465 e. The first-order valence-electron chi connectivity index (χ1n) is 8.33. The number of nitrogens with one attached hydrogen (secondary N) is 1. The van der Waals surface area contributed by atoms with Gasteiger partial charge in [0.15, 0.2) is 0 Å². The van der Waals surface area contributed by atoms with Gasteiger partial charge < -0.3 is 10.1 Å². The summed E-state index contributed by atoms with van der Waals surface area (Å²) in [7, 11) is 1.17. The zero-order valence-electron chi connectivity index (χ0n) is 15.3. The molecule has 1 aromatic heterocycles. The summed E-state index contributed by atoms with van der Waals surface area (Å²) in [5.41, 5.74) is -0.373. The molecule has 1 N–H and O–H groups in total. The van der Waals surface area contributed by atoms with Crippen molar-refractivity contribution in [3.63, 3.8) is 0 Å². The second kappa shape index (κ2) is 8.15. The van der Waals surface area contributed by atoms with Crippen LogP contribution in [0.25, 0.3) is 11.3 Å². The first-order valence-corrected chi connectivity index (χ1v) is 8.33. The topological polar surface area (TPSA) is 107 Å². The van der Waals surface area contributed by atoms with Gasteiger partial charge in [-0.25, -0.2) is 14.8 Å². The number of hydrogen-bond donors (Lipinski definition) is 1. The van der Waals surface area contributed by atoms with Gasteiger partial charge in [0.2, 0.25) is 5.95 Å². The molecule has 0 aliphatic rings. The van der Waals surface area contributed by atoms with Gasteiger partial charge in [0.05, 0.1) is 28.9 Å². The van der Waals surface area contributed by atoms with Crippen LogP contribution >= 0.6 is 0 Å². The number of rotatable bonds is 5. The van der Waals surface area contributed by atoms with E-state index in [9.17, 15) is 28.1 Å². The average Bonchev–Trinajstić information content (AvgIpc) is 2.72. The van der Waals surface area contributed by atoms with Gasteiger partial charge in [0.25, 0.3) is 5.69 Å². The number of ether oxygens (including phenoxy) is 1. The summed E-state index contributed by atoms with van der Waals surface area (Å²) >= 11 is 0. The summed E-state index contributed by atoms with van der Waals surface area (Å²) in [6, 6.07) is 9.27. The van der Waals surface area contributed by atoms with Crippen LogP contribution in [0, 0.1) is 10.1 Å². The Morgan fingerprint density at radius 1 is 1.13 bits per heavy atom. The SMILES string of the molecule is COC(=O)c1ccc([N+](=O)[O-])cc1-c1ccnc(Nc2ccc(C(F)(F)F)cc2)n1. The fourth-order valence-corrected chi connectivity index (χ4v) is 2.59. The quantitative estimate of drug-likeness (QED) is 0.366. The number of alkyl halides is 3. The molecule has 0 radical (unpaired) electrons. The monoisotopic (exact) mass is 418 g/mol. The van der Waals surface area contributed by atoms with E-state index in [-0.39, 0.29) is 28.5 Å². The van der Waals surface area contributed by atoms with Gasteiger partial charge in [-0.1, -0.05) is 0 Å². The molecule has 30 heavy (non-hydrogen) atoms. The van der Waals surface area contributed by atoms with E-state index in [0.29, 0.717) is 5.69 Å². The van der Waals surface area contributed by atoms with Crippen molar-refractivity contribution in [2.45, 2.75) is 6.18 Å². The molecule has 0 saturated carbocycles. The van der Waals surface area contributed by atoms with Crippen LogP contribution in [0.4, 0.5) is 30.5 Å². The Morgan fingerprint density at radius 3 is 2.43 bits per heavy atom. The third kappa shape index (κ3) is 4.51. The molecule has 2 aromatic carbocycles. The number of hydrogen-bond acceptors (Lipinski definition) is 7. The fourth-order valence-electron chi connectivity index (χ4n) is 2.59. The second-order valence-electron chi connectivity index (χ2n) is 5.94. The van der Waals surface area contributed by atoms with Crippen molar-refractivity contribution in [1.82, 2.24) is 9.97 Å². The van der Waals surface area contributed by atoms with Crippen LogP contribution in [-0.2, 0) is 10.9 Å². The van der Waals surface area contributed by atoms with E-state index in [4.69, 9.17) is 4.74 Å². The molecule has 0 amide bonds. The minimum atomic E-state index is -4.46. The molecule has 0 fully saturated rings. The Kier molecular flexibility index (Phi) is 5.63. The summed E-state index contributed by atoms with van der Waals surface area (Å²) in [5.74, 6) is -0.690. The summed E-state index contributed by atoms with van der Waals surface area (Å²) in [4.78, 5) is 30.7. The molecule has 0 aliphatic heterocycles. The van der Waals surface area contributed by atoms with Gasteiger partial charge >= 0.3 is 12.1 Å². The third-order valence-electron chi connectivity index (χ3n) is 4.02. The maximum absolute atomic E-state index is 12.7. The van der Waals surface area contributed by atoms with Crippen molar-refractivity contribution in [3.05, 3.63) is 76.0 Å². The van der Waals surface area contributed by atoms with E-state index < -0.39 is 22.6 Å². The number of aromatic nitrogens is 2. The Morgan fingerprint density at radius 2 is 1.83 bits per heavy atom. The molecule has 0 saturated heterocycles. The molecule has 154 valence electrons. The lowest BCUT2D eigenvalue weighted by Gasteiger charge is -2.10. The highest BCUT2D eigenvalue weighted by Crippen LogP contribution is 2.31. The smallest absolute Gasteiger partial charge is 0.416 e. The van der Waals surface area contributed by atoms with Crippen molar-refractivity contribution < 1.29 is 27.6 Å². The average molecular weight is 418 g/mol. The number of esters is 1. The van der Waals surface area contributed by atoms with Crippen LogP contribution in [0.1, 0.15) is 15.9 Å². The van der Waals surface area contributed by atoms with Crippen molar-refractivity contribution >= 4 is 23.3 Å². The van der Waals surface area contributed by atoms with E-state index in [1.807, 2.05) is 0 Å². The van der Waals surface area contributed by atoms with Crippen LogP contribution in [0.5, 0.6) is 0 Å². The van der Waals surface area contributed by atoms with Crippen molar-refractivity contribution in [1.29, 1.82) is 0 Å². The highest BCUT2D eigenvalue weighted by Gasteiger charge is 2.30. The number of benzene rings is 2. The van der Waals surface area contributed by atoms with E-state index in [2.05, 4.69) is 15.3 Å². The van der Waals surface area contributed by atoms with Crippen molar-refractivity contribution in [2.24, 2.45) is 0 Å². The van der Waals surface area contributed by atoms with Gasteiger partial charge in [-0.3, -0.25) is 10.1 Å². The lowest BCUT2D eigenvalue weighted by Crippen LogP contribution is -2.06. The van der Waals surface area contributed by atoms with Crippen molar-refractivity contribution in [2.75, 3.05) is 12.4 Å². The lowest BCUT2D eigenvalue weighted by atomic mass is 10.0. The zero-order valence-corrected chi connectivity index (χ0v) is 15.3. The third-order valence-corrected chi connectivity index (χ3v) is 4.02. The molecular formula is C19H13F3N4O4. The standard InChI is InChI=1S/C19H13F3N4O4/c1-30-17(27)14-7-6-13(26(28)29)10-15(14)16-8-9-23-18(25-16)24-12-4-2-11(3-5-12)19(20,21)22/h2-10H,1H3,(H,23,24,25). The Hall–Kier alpha value is -4.02. The van der Waals surface area contributed by atoms with Crippen LogP contribution < -0.4 is 5.32 Å². The lowest BCUT2D eigenvalue weighted by molar-refractivity contribution is -0.384. The van der Waals surface area contributed by atoms with E-state index in [1.165, 1.54) is 43.6 Å². The fraction of sp³-hybridized carbons (Fsp3) is 0.105.